The first-order valence-corrected chi connectivity index (χ1v) is 10.0. The number of benzene rings is 1. The molecule has 1 N–H and O–H groups in total. The number of fused-ring (bicyclic) bond motifs is 4. The zero-order valence-corrected chi connectivity index (χ0v) is 16.5. The molecule has 3 aliphatic heterocycles. The van der Waals surface area contributed by atoms with Crippen molar-refractivity contribution < 1.29 is 19.3 Å². The van der Waals surface area contributed by atoms with Crippen LogP contribution in [-0.4, -0.2) is 46.3 Å². The Kier molecular flexibility index (Phi) is 4.55. The lowest BCUT2D eigenvalue weighted by molar-refractivity contribution is -0.384. The normalized spacial score (nSPS) is 27.4. The quantitative estimate of drug-likeness (QED) is 0.473. The highest BCUT2D eigenvalue weighted by Crippen LogP contribution is 2.48. The Balaban J connectivity index is 1.88. The number of anilines is 1. The molecule has 0 aliphatic carbocycles. The lowest BCUT2D eigenvalue weighted by Crippen LogP contribution is -2.73. The molecule has 9 nitrogen and oxygen atoms in total. The molecule has 3 heterocycles. The predicted molar refractivity (Wildman–Crippen MR) is 104 cm³/mol. The highest BCUT2D eigenvalue weighted by atomic mass is 16.6. The molecular weight excluding hydrogens is 376 g/mol. The fourth-order valence-corrected chi connectivity index (χ4v) is 4.96. The maximum Gasteiger partial charge on any atom is 0.331 e. The fourth-order valence-electron chi connectivity index (χ4n) is 4.96. The Morgan fingerprint density at radius 1 is 1.31 bits per heavy atom. The molecule has 9 heteroatoms. The summed E-state index contributed by atoms with van der Waals surface area (Å²) in [5.74, 6) is -1.09. The number of hydrogen-bond acceptors (Lipinski definition) is 6. The van der Waals surface area contributed by atoms with Gasteiger partial charge in [0.1, 0.15) is 0 Å². The Morgan fingerprint density at radius 3 is 2.76 bits per heavy atom. The van der Waals surface area contributed by atoms with Crippen LogP contribution in [0.4, 0.5) is 16.2 Å². The smallest absolute Gasteiger partial charge is 0.331 e. The molecule has 29 heavy (non-hydrogen) atoms. The maximum absolute atomic E-state index is 13.7. The average molecular weight is 400 g/mol. The molecule has 0 radical (unpaired) electrons. The molecule has 4 amide bonds. The number of carbonyl (C=O) groups is 3. The van der Waals surface area contributed by atoms with Gasteiger partial charge in [-0.1, -0.05) is 6.92 Å². The van der Waals surface area contributed by atoms with Crippen LogP contribution in [0.25, 0.3) is 0 Å². The topological polar surface area (TPSA) is 113 Å². The van der Waals surface area contributed by atoms with Crippen LogP contribution in [0, 0.1) is 15.5 Å². The standard InChI is InChI=1S/C20H24N4O5/c1-3-12(2)23-18(26)20(17(25)21-19(23)27)11-13-10-14(24(28)29)7-8-15(13)22-9-5-4-6-16(20)22/h7-8,10,12,16H,3-6,9,11H2,1-2H3,(H,21,25,27)/t12-,16-,20-/m0/s1. The van der Waals surface area contributed by atoms with Crippen molar-refractivity contribution in [2.75, 3.05) is 11.4 Å². The minimum atomic E-state index is -1.46. The first-order valence-electron chi connectivity index (χ1n) is 10.0. The summed E-state index contributed by atoms with van der Waals surface area (Å²) in [6.07, 6.45) is 3.06. The lowest BCUT2D eigenvalue weighted by Gasteiger charge is -2.54. The number of nitrogens with one attached hydrogen (secondary N) is 1. The van der Waals surface area contributed by atoms with Gasteiger partial charge in [-0.05, 0) is 44.2 Å². The summed E-state index contributed by atoms with van der Waals surface area (Å²) in [6.45, 7) is 4.32. The molecule has 1 spiro atoms. The number of amides is 4. The van der Waals surface area contributed by atoms with Crippen LogP contribution in [-0.2, 0) is 16.0 Å². The Morgan fingerprint density at radius 2 is 2.07 bits per heavy atom. The van der Waals surface area contributed by atoms with Gasteiger partial charge in [0.05, 0.1) is 11.0 Å². The van der Waals surface area contributed by atoms with Crippen LogP contribution < -0.4 is 10.2 Å². The van der Waals surface area contributed by atoms with Crippen molar-refractivity contribution in [2.45, 2.75) is 58.0 Å². The number of nitro benzene ring substituents is 1. The molecule has 2 saturated heterocycles. The molecule has 0 unspecified atom stereocenters. The molecule has 1 aromatic rings. The second kappa shape index (κ2) is 6.82. The Hall–Kier alpha value is -2.97. The first-order chi connectivity index (χ1) is 13.8. The molecule has 4 rings (SSSR count). The average Bonchev–Trinajstić information content (AvgIpc) is 2.71. The van der Waals surface area contributed by atoms with E-state index in [1.807, 2.05) is 11.8 Å². The van der Waals surface area contributed by atoms with Crippen LogP contribution >= 0.6 is 0 Å². The first kappa shape index (κ1) is 19.4. The van der Waals surface area contributed by atoms with Gasteiger partial charge in [-0.25, -0.2) is 4.79 Å². The number of nitrogens with zero attached hydrogens (tertiary/aromatic N) is 3. The Labute approximate surface area is 168 Å². The molecule has 1 aromatic carbocycles. The van der Waals surface area contributed by atoms with E-state index in [2.05, 4.69) is 5.32 Å². The summed E-state index contributed by atoms with van der Waals surface area (Å²) >= 11 is 0. The van der Waals surface area contributed by atoms with Gasteiger partial charge < -0.3 is 4.90 Å². The van der Waals surface area contributed by atoms with Crippen LogP contribution in [0.15, 0.2) is 18.2 Å². The molecule has 0 aromatic heterocycles. The van der Waals surface area contributed by atoms with E-state index < -0.39 is 28.2 Å². The van der Waals surface area contributed by atoms with Gasteiger partial charge in [0, 0.05) is 36.8 Å². The van der Waals surface area contributed by atoms with Crippen molar-refractivity contribution in [1.82, 2.24) is 10.2 Å². The van der Waals surface area contributed by atoms with E-state index >= 15 is 0 Å². The number of rotatable bonds is 3. The molecule has 0 bridgehead atoms. The van der Waals surface area contributed by atoms with E-state index in [0.29, 0.717) is 24.9 Å². The largest absolute Gasteiger partial charge is 0.367 e. The summed E-state index contributed by atoms with van der Waals surface area (Å²) in [4.78, 5) is 53.3. The minimum absolute atomic E-state index is 0.0516. The SMILES string of the molecule is CC[C@H](C)N1C(=O)NC(=O)[C@@]2(Cc3cc([N+](=O)[O-])ccc3N3CCCC[C@H]32)C1=O. The number of urea groups is 1. The lowest BCUT2D eigenvalue weighted by atomic mass is 9.66. The molecular formula is C20H24N4O5. The third-order valence-electron chi connectivity index (χ3n) is 6.60. The summed E-state index contributed by atoms with van der Waals surface area (Å²) in [5, 5.41) is 13.7. The van der Waals surface area contributed by atoms with E-state index in [1.165, 1.54) is 12.1 Å². The van der Waals surface area contributed by atoms with Crippen molar-refractivity contribution >= 4 is 29.2 Å². The predicted octanol–water partition coefficient (Wildman–Crippen LogP) is 2.37. The van der Waals surface area contributed by atoms with Crippen LogP contribution in [0.5, 0.6) is 0 Å². The van der Waals surface area contributed by atoms with E-state index in [4.69, 9.17) is 0 Å². The van der Waals surface area contributed by atoms with Gasteiger partial charge in [-0.15, -0.1) is 0 Å². The summed E-state index contributed by atoms with van der Waals surface area (Å²) in [5.41, 5.74) is -0.106. The summed E-state index contributed by atoms with van der Waals surface area (Å²) < 4.78 is 0. The Bertz CT molecular complexity index is 916. The number of hydrogen-bond donors (Lipinski definition) is 1. The van der Waals surface area contributed by atoms with Crippen molar-refractivity contribution in [2.24, 2.45) is 5.41 Å². The monoisotopic (exact) mass is 400 g/mol. The second-order valence-electron chi connectivity index (χ2n) is 8.11. The number of carbonyl (C=O) groups excluding carboxylic acids is 3. The van der Waals surface area contributed by atoms with Gasteiger partial charge >= 0.3 is 6.03 Å². The number of imide groups is 2. The third-order valence-corrected chi connectivity index (χ3v) is 6.60. The van der Waals surface area contributed by atoms with Gasteiger partial charge in [-0.3, -0.25) is 29.9 Å². The van der Waals surface area contributed by atoms with Crippen molar-refractivity contribution in [3.63, 3.8) is 0 Å². The van der Waals surface area contributed by atoms with Crippen LogP contribution in [0.1, 0.15) is 45.1 Å². The van der Waals surface area contributed by atoms with Gasteiger partial charge in [-0.2, -0.15) is 0 Å². The zero-order valence-electron chi connectivity index (χ0n) is 16.5. The highest BCUT2D eigenvalue weighted by molar-refractivity contribution is 6.20. The van der Waals surface area contributed by atoms with E-state index in [0.717, 1.165) is 23.4 Å². The van der Waals surface area contributed by atoms with E-state index in [9.17, 15) is 24.5 Å². The van der Waals surface area contributed by atoms with E-state index in [-0.39, 0.29) is 24.2 Å². The van der Waals surface area contributed by atoms with Crippen LogP contribution in [0.3, 0.4) is 0 Å². The molecule has 154 valence electrons. The zero-order chi connectivity index (χ0) is 20.9. The van der Waals surface area contributed by atoms with Gasteiger partial charge in [0.15, 0.2) is 5.41 Å². The summed E-state index contributed by atoms with van der Waals surface area (Å²) in [6, 6.07) is 3.20. The van der Waals surface area contributed by atoms with E-state index in [1.54, 1.807) is 13.0 Å². The fraction of sp³-hybridized carbons (Fsp3) is 0.550. The van der Waals surface area contributed by atoms with Gasteiger partial charge in [0.25, 0.3) is 5.69 Å². The maximum atomic E-state index is 13.7. The van der Waals surface area contributed by atoms with Crippen molar-refractivity contribution in [1.29, 1.82) is 0 Å². The highest BCUT2D eigenvalue weighted by Gasteiger charge is 2.62. The van der Waals surface area contributed by atoms with Gasteiger partial charge in [0.2, 0.25) is 11.8 Å². The second-order valence-corrected chi connectivity index (χ2v) is 8.11. The summed E-state index contributed by atoms with van der Waals surface area (Å²) in [7, 11) is 0. The number of piperidine rings is 1. The van der Waals surface area contributed by atoms with Crippen LogP contribution in [0.2, 0.25) is 0 Å². The molecule has 3 atom stereocenters. The third kappa shape index (κ3) is 2.71. The van der Waals surface area contributed by atoms with Crippen molar-refractivity contribution in [3.05, 3.63) is 33.9 Å². The molecule has 2 fully saturated rings. The molecule has 3 aliphatic rings. The van der Waals surface area contributed by atoms with Crippen molar-refractivity contribution in [3.8, 4) is 0 Å². The number of non-ortho nitro benzene ring substituents is 1. The number of nitro groups is 1. The number of barbiturate groups is 1. The minimum Gasteiger partial charge on any atom is -0.367 e. The molecule has 0 saturated carbocycles.